The van der Waals surface area contributed by atoms with Crippen molar-refractivity contribution in [3.05, 3.63) is 0 Å². The van der Waals surface area contributed by atoms with Gasteiger partial charge in [0.25, 0.3) is 0 Å². The summed E-state index contributed by atoms with van der Waals surface area (Å²) in [7, 11) is 0. The predicted octanol–water partition coefficient (Wildman–Crippen LogP) is 4.67. The van der Waals surface area contributed by atoms with Crippen molar-refractivity contribution in [3.8, 4) is 0 Å². The Kier molecular flexibility index (Phi) is 72.8. The summed E-state index contributed by atoms with van der Waals surface area (Å²) >= 11 is 0. The minimum atomic E-state index is 0. The summed E-state index contributed by atoms with van der Waals surface area (Å²) in [4.78, 5) is 0. The van der Waals surface area contributed by atoms with E-state index in [1.54, 1.807) is 0 Å². The maximum Gasteiger partial charge on any atom is 0.0431 e. The Morgan fingerprint density at radius 3 is 0.560 bits per heavy atom. The molecule has 0 aliphatic heterocycles. The van der Waals surface area contributed by atoms with Crippen LogP contribution in [0.5, 0.6) is 0 Å². The Bertz CT molecular complexity index is 102. The van der Waals surface area contributed by atoms with Crippen LogP contribution in [0.1, 0.15) is 105 Å². The van der Waals surface area contributed by atoms with Gasteiger partial charge in [-0.1, -0.05) is 79.1 Å². The molecule has 4 N–H and O–H groups in total. The molecular formula is C20H48HfO4. The van der Waals surface area contributed by atoms with E-state index < -0.39 is 0 Å². The van der Waals surface area contributed by atoms with E-state index in [9.17, 15) is 0 Å². The second-order valence-electron chi connectivity index (χ2n) is 5.72. The summed E-state index contributed by atoms with van der Waals surface area (Å²) in [5.74, 6) is 0. The first kappa shape index (κ1) is 36.6. The molecule has 156 valence electrons. The quantitative estimate of drug-likeness (QED) is 0.218. The Morgan fingerprint density at radius 2 is 0.520 bits per heavy atom. The van der Waals surface area contributed by atoms with Crippen molar-refractivity contribution in [2.24, 2.45) is 0 Å². The topological polar surface area (TPSA) is 80.9 Å². The van der Waals surface area contributed by atoms with Crippen LogP contribution in [0.15, 0.2) is 0 Å². The van der Waals surface area contributed by atoms with Gasteiger partial charge < -0.3 is 20.4 Å². The zero-order valence-electron chi connectivity index (χ0n) is 17.6. The molecule has 4 nitrogen and oxygen atoms in total. The van der Waals surface area contributed by atoms with E-state index in [1.165, 1.54) is 25.7 Å². The third kappa shape index (κ3) is 78.9. The van der Waals surface area contributed by atoms with E-state index in [2.05, 4.69) is 27.7 Å². The number of hydrogen-bond acceptors (Lipinski definition) is 4. The molecule has 5 heteroatoms. The molecule has 0 saturated carbocycles. The monoisotopic (exact) mass is 532 g/mol. The first-order valence-corrected chi connectivity index (χ1v) is 10.1. The van der Waals surface area contributed by atoms with Crippen LogP contribution in [-0.4, -0.2) is 46.9 Å². The second kappa shape index (κ2) is 49.7. The molecule has 0 amide bonds. The number of hydrogen-bond donors (Lipinski definition) is 4. The molecule has 0 spiro atoms. The van der Waals surface area contributed by atoms with Crippen LogP contribution in [0, 0.1) is 0 Å². The summed E-state index contributed by atoms with van der Waals surface area (Å²) in [6, 6.07) is 0. The van der Waals surface area contributed by atoms with Crippen molar-refractivity contribution in [3.63, 3.8) is 0 Å². The van der Waals surface area contributed by atoms with E-state index in [0.29, 0.717) is 26.4 Å². The summed E-state index contributed by atoms with van der Waals surface area (Å²) in [5.41, 5.74) is 0. The van der Waals surface area contributed by atoms with Gasteiger partial charge >= 0.3 is 0 Å². The average Bonchev–Trinajstić information content (AvgIpc) is 2.62. The van der Waals surface area contributed by atoms with Crippen LogP contribution in [-0.2, 0) is 25.8 Å². The standard InChI is InChI=1S/4C5H12O.Hf/c4*1-2-3-4-5-6;/h4*6H,2-5H2,1H3;. The summed E-state index contributed by atoms with van der Waals surface area (Å²) < 4.78 is 0. The Hall–Kier alpha value is 0.710. The minimum absolute atomic E-state index is 0. The van der Waals surface area contributed by atoms with Crippen LogP contribution < -0.4 is 0 Å². The maximum absolute atomic E-state index is 8.20. The number of aliphatic hydroxyl groups excluding tert-OH is 4. The number of aliphatic hydroxyl groups is 4. The molecule has 0 heterocycles. The average molecular weight is 531 g/mol. The predicted molar refractivity (Wildman–Crippen MR) is 106 cm³/mol. The van der Waals surface area contributed by atoms with Crippen LogP contribution in [0.2, 0.25) is 0 Å². The van der Waals surface area contributed by atoms with E-state index in [-0.39, 0.29) is 25.8 Å². The van der Waals surface area contributed by atoms with E-state index in [0.717, 1.165) is 51.4 Å². The first-order valence-electron chi connectivity index (χ1n) is 10.1. The van der Waals surface area contributed by atoms with Crippen molar-refractivity contribution in [1.82, 2.24) is 0 Å². The van der Waals surface area contributed by atoms with Crippen molar-refractivity contribution < 1.29 is 46.3 Å². The van der Waals surface area contributed by atoms with E-state index >= 15 is 0 Å². The molecule has 0 aliphatic carbocycles. The Balaban J connectivity index is -0.0000000702. The molecule has 0 aromatic carbocycles. The molecular weight excluding hydrogens is 483 g/mol. The fraction of sp³-hybridized carbons (Fsp3) is 1.00. The number of rotatable bonds is 12. The number of unbranched alkanes of at least 4 members (excludes halogenated alkanes) is 8. The first-order chi connectivity index (χ1) is 11.7. The molecule has 0 unspecified atom stereocenters. The fourth-order valence-electron chi connectivity index (χ4n) is 1.45. The van der Waals surface area contributed by atoms with E-state index in [4.69, 9.17) is 20.4 Å². The second-order valence-corrected chi connectivity index (χ2v) is 5.72. The molecule has 0 saturated heterocycles. The van der Waals surface area contributed by atoms with Gasteiger partial charge in [-0.25, -0.2) is 0 Å². The van der Waals surface area contributed by atoms with Crippen molar-refractivity contribution >= 4 is 0 Å². The van der Waals surface area contributed by atoms with Crippen LogP contribution in [0.4, 0.5) is 0 Å². The van der Waals surface area contributed by atoms with Gasteiger partial charge in [0.05, 0.1) is 0 Å². The normalized spacial score (nSPS) is 8.64. The minimum Gasteiger partial charge on any atom is -0.396 e. The van der Waals surface area contributed by atoms with Crippen molar-refractivity contribution in [1.29, 1.82) is 0 Å². The zero-order valence-corrected chi connectivity index (χ0v) is 21.2. The summed E-state index contributed by atoms with van der Waals surface area (Å²) in [6.07, 6.45) is 13.3. The van der Waals surface area contributed by atoms with Gasteiger partial charge in [0.15, 0.2) is 0 Å². The van der Waals surface area contributed by atoms with Crippen LogP contribution >= 0.6 is 0 Å². The molecule has 0 aromatic rings. The third-order valence-corrected chi connectivity index (χ3v) is 3.05. The molecule has 0 fully saturated rings. The Morgan fingerprint density at radius 1 is 0.360 bits per heavy atom. The van der Waals surface area contributed by atoms with Gasteiger partial charge in [0.1, 0.15) is 0 Å². The fourth-order valence-corrected chi connectivity index (χ4v) is 1.45. The molecule has 0 rings (SSSR count). The summed E-state index contributed by atoms with van der Waals surface area (Å²) in [5, 5.41) is 32.8. The molecule has 0 bridgehead atoms. The van der Waals surface area contributed by atoms with Gasteiger partial charge in [-0.05, 0) is 25.7 Å². The molecule has 0 atom stereocenters. The molecule has 25 heavy (non-hydrogen) atoms. The van der Waals surface area contributed by atoms with Crippen molar-refractivity contribution in [2.45, 2.75) is 105 Å². The smallest absolute Gasteiger partial charge is 0.0431 e. The zero-order chi connectivity index (χ0) is 19.3. The van der Waals surface area contributed by atoms with Gasteiger partial charge in [-0.2, -0.15) is 0 Å². The van der Waals surface area contributed by atoms with Gasteiger partial charge in [0.2, 0.25) is 0 Å². The molecule has 0 aliphatic rings. The maximum atomic E-state index is 8.20. The van der Waals surface area contributed by atoms with E-state index in [1.807, 2.05) is 0 Å². The molecule has 0 aromatic heterocycles. The molecule has 0 radical (unpaired) electrons. The third-order valence-electron chi connectivity index (χ3n) is 3.05. The van der Waals surface area contributed by atoms with Gasteiger partial charge in [-0.3, -0.25) is 0 Å². The van der Waals surface area contributed by atoms with Gasteiger partial charge in [0, 0.05) is 52.3 Å². The SMILES string of the molecule is CCCCCO.CCCCCO.CCCCCO.CCCCCO.[Hf]. The van der Waals surface area contributed by atoms with Crippen LogP contribution in [0.3, 0.4) is 0 Å². The largest absolute Gasteiger partial charge is 0.396 e. The van der Waals surface area contributed by atoms with Gasteiger partial charge in [-0.15, -0.1) is 0 Å². The van der Waals surface area contributed by atoms with Crippen LogP contribution in [0.25, 0.3) is 0 Å². The Labute approximate surface area is 177 Å². The van der Waals surface area contributed by atoms with Crippen molar-refractivity contribution in [2.75, 3.05) is 26.4 Å². The summed E-state index contributed by atoms with van der Waals surface area (Å²) in [6.45, 7) is 9.90.